The van der Waals surface area contributed by atoms with Gasteiger partial charge in [-0.15, -0.1) is 0 Å². The summed E-state index contributed by atoms with van der Waals surface area (Å²) in [7, 11) is 1.34. The summed E-state index contributed by atoms with van der Waals surface area (Å²) in [5, 5.41) is 3.80. The molecule has 0 spiro atoms. The molecule has 1 aromatic carbocycles. The van der Waals surface area contributed by atoms with Crippen molar-refractivity contribution in [3.05, 3.63) is 36.0 Å². The standard InChI is InChI=1S/C17H20N2O3/c1-22-16(20)14-11-19(15-10-6-5-9-13(14)15)17(21)18-12-7-3-2-4-8-12/h5-6,9-12H,2-4,7-8H2,1H3,(H,18,21). The van der Waals surface area contributed by atoms with Gasteiger partial charge in [0.25, 0.3) is 0 Å². The van der Waals surface area contributed by atoms with Crippen molar-refractivity contribution < 1.29 is 14.3 Å². The zero-order valence-electron chi connectivity index (χ0n) is 12.7. The summed E-state index contributed by atoms with van der Waals surface area (Å²) in [5.41, 5.74) is 1.13. The number of methoxy groups -OCH3 is 1. The molecule has 1 heterocycles. The van der Waals surface area contributed by atoms with Crippen molar-refractivity contribution in [2.24, 2.45) is 0 Å². The minimum Gasteiger partial charge on any atom is -0.465 e. The summed E-state index contributed by atoms with van der Waals surface area (Å²) in [6.45, 7) is 0. The zero-order chi connectivity index (χ0) is 15.5. The van der Waals surface area contributed by atoms with Crippen molar-refractivity contribution in [2.75, 3.05) is 7.11 Å². The maximum absolute atomic E-state index is 12.6. The average Bonchev–Trinajstić information content (AvgIpc) is 2.95. The monoisotopic (exact) mass is 300 g/mol. The minimum atomic E-state index is -0.430. The number of fused-ring (bicyclic) bond motifs is 1. The fourth-order valence-electron chi connectivity index (χ4n) is 3.11. The van der Waals surface area contributed by atoms with Crippen LogP contribution in [0.3, 0.4) is 0 Å². The zero-order valence-corrected chi connectivity index (χ0v) is 12.7. The van der Waals surface area contributed by atoms with Crippen molar-refractivity contribution in [3.63, 3.8) is 0 Å². The molecular formula is C17H20N2O3. The highest BCUT2D eigenvalue weighted by atomic mass is 16.5. The predicted molar refractivity (Wildman–Crippen MR) is 84.1 cm³/mol. The van der Waals surface area contributed by atoms with Crippen LogP contribution in [0.4, 0.5) is 4.79 Å². The van der Waals surface area contributed by atoms with Crippen molar-refractivity contribution in [1.29, 1.82) is 0 Å². The van der Waals surface area contributed by atoms with Crippen LogP contribution in [-0.4, -0.2) is 29.7 Å². The largest absolute Gasteiger partial charge is 0.465 e. The van der Waals surface area contributed by atoms with Gasteiger partial charge < -0.3 is 10.1 Å². The number of hydrogen-bond acceptors (Lipinski definition) is 3. The lowest BCUT2D eigenvalue weighted by atomic mass is 9.96. The summed E-state index contributed by atoms with van der Waals surface area (Å²) in [6, 6.07) is 7.40. The molecule has 1 aromatic heterocycles. The second kappa shape index (κ2) is 6.22. The van der Waals surface area contributed by atoms with Crippen LogP contribution in [0.15, 0.2) is 30.5 Å². The van der Waals surface area contributed by atoms with Crippen LogP contribution < -0.4 is 5.32 Å². The molecule has 1 amide bonds. The summed E-state index contributed by atoms with van der Waals surface area (Å²) >= 11 is 0. The summed E-state index contributed by atoms with van der Waals surface area (Å²) in [4.78, 5) is 24.4. The Hall–Kier alpha value is -2.30. The molecule has 0 bridgehead atoms. The highest BCUT2D eigenvalue weighted by Crippen LogP contribution is 2.23. The molecule has 116 valence electrons. The third-order valence-electron chi connectivity index (χ3n) is 4.27. The summed E-state index contributed by atoms with van der Waals surface area (Å²) in [6.07, 6.45) is 7.17. The number of nitrogens with one attached hydrogen (secondary N) is 1. The Bertz CT molecular complexity index is 699. The van der Waals surface area contributed by atoms with Gasteiger partial charge in [0.15, 0.2) is 0 Å². The molecule has 0 radical (unpaired) electrons. The van der Waals surface area contributed by atoms with Gasteiger partial charge in [-0.05, 0) is 18.9 Å². The maximum atomic E-state index is 12.6. The lowest BCUT2D eigenvalue weighted by Crippen LogP contribution is -2.38. The van der Waals surface area contributed by atoms with E-state index in [1.165, 1.54) is 18.1 Å². The molecule has 5 heteroatoms. The van der Waals surface area contributed by atoms with Gasteiger partial charge in [-0.3, -0.25) is 4.57 Å². The van der Waals surface area contributed by atoms with Gasteiger partial charge in [-0.1, -0.05) is 37.5 Å². The summed E-state index contributed by atoms with van der Waals surface area (Å²) in [5.74, 6) is -0.430. The third-order valence-corrected chi connectivity index (χ3v) is 4.27. The highest BCUT2D eigenvalue weighted by molar-refractivity contribution is 6.07. The third kappa shape index (κ3) is 2.71. The van der Waals surface area contributed by atoms with E-state index in [4.69, 9.17) is 4.74 Å². The van der Waals surface area contributed by atoms with Crippen molar-refractivity contribution >= 4 is 22.9 Å². The van der Waals surface area contributed by atoms with Crippen LogP contribution in [0, 0.1) is 0 Å². The Labute approximate surface area is 129 Å². The number of hydrogen-bond donors (Lipinski definition) is 1. The molecule has 5 nitrogen and oxygen atoms in total. The first kappa shape index (κ1) is 14.6. The molecule has 1 aliphatic carbocycles. The van der Waals surface area contributed by atoms with E-state index >= 15 is 0 Å². The first-order valence-corrected chi connectivity index (χ1v) is 7.70. The number of para-hydroxylation sites is 1. The van der Waals surface area contributed by atoms with Gasteiger partial charge in [0.05, 0.1) is 18.2 Å². The van der Waals surface area contributed by atoms with Gasteiger partial charge in [0, 0.05) is 17.6 Å². The van der Waals surface area contributed by atoms with E-state index in [9.17, 15) is 9.59 Å². The van der Waals surface area contributed by atoms with E-state index in [1.54, 1.807) is 6.20 Å². The number of ether oxygens (including phenoxy) is 1. The molecule has 0 aliphatic heterocycles. The van der Waals surface area contributed by atoms with Crippen LogP contribution in [0.5, 0.6) is 0 Å². The molecule has 22 heavy (non-hydrogen) atoms. The number of benzene rings is 1. The fraction of sp³-hybridized carbons (Fsp3) is 0.412. The Morgan fingerprint density at radius 2 is 1.91 bits per heavy atom. The minimum absolute atomic E-state index is 0.182. The highest BCUT2D eigenvalue weighted by Gasteiger charge is 2.21. The van der Waals surface area contributed by atoms with Gasteiger partial charge >= 0.3 is 12.0 Å². The quantitative estimate of drug-likeness (QED) is 0.865. The molecule has 1 aliphatic rings. The second-order valence-electron chi connectivity index (χ2n) is 5.71. The lowest BCUT2D eigenvalue weighted by molar-refractivity contribution is 0.0603. The molecule has 0 atom stereocenters. The van der Waals surface area contributed by atoms with Crippen molar-refractivity contribution in [2.45, 2.75) is 38.1 Å². The Kier molecular flexibility index (Phi) is 4.13. The van der Waals surface area contributed by atoms with Crippen LogP contribution in [0.2, 0.25) is 0 Å². The SMILES string of the molecule is COC(=O)c1cn(C(=O)NC2CCCCC2)c2ccccc12. The van der Waals surface area contributed by atoms with E-state index in [0.29, 0.717) is 5.56 Å². The number of carbonyl (C=O) groups excluding carboxylic acids is 2. The number of aromatic nitrogens is 1. The molecule has 0 saturated heterocycles. The number of nitrogens with zero attached hydrogens (tertiary/aromatic N) is 1. The van der Waals surface area contributed by atoms with Crippen molar-refractivity contribution in [1.82, 2.24) is 9.88 Å². The van der Waals surface area contributed by atoms with Gasteiger partial charge in [0.1, 0.15) is 0 Å². The average molecular weight is 300 g/mol. The van der Waals surface area contributed by atoms with E-state index in [-0.39, 0.29) is 12.1 Å². The van der Waals surface area contributed by atoms with Gasteiger partial charge in [-0.2, -0.15) is 0 Å². The normalized spacial score (nSPS) is 15.7. The van der Waals surface area contributed by atoms with E-state index < -0.39 is 5.97 Å². The number of carbonyl (C=O) groups is 2. The smallest absolute Gasteiger partial charge is 0.340 e. The van der Waals surface area contributed by atoms with Crippen LogP contribution >= 0.6 is 0 Å². The molecule has 1 N–H and O–H groups in total. The van der Waals surface area contributed by atoms with Gasteiger partial charge in [-0.25, -0.2) is 9.59 Å². The molecule has 1 fully saturated rings. The molecular weight excluding hydrogens is 280 g/mol. The Balaban J connectivity index is 1.92. The molecule has 3 rings (SSSR count). The number of rotatable bonds is 2. The number of esters is 1. The number of amides is 1. The first-order chi connectivity index (χ1) is 10.7. The van der Waals surface area contributed by atoms with Crippen molar-refractivity contribution in [3.8, 4) is 0 Å². The van der Waals surface area contributed by atoms with Crippen LogP contribution in [-0.2, 0) is 4.74 Å². The van der Waals surface area contributed by atoms with Crippen LogP contribution in [0.1, 0.15) is 42.5 Å². The molecule has 1 saturated carbocycles. The van der Waals surface area contributed by atoms with E-state index in [0.717, 1.165) is 36.6 Å². The van der Waals surface area contributed by atoms with Gasteiger partial charge in [0.2, 0.25) is 0 Å². The second-order valence-corrected chi connectivity index (χ2v) is 5.71. The van der Waals surface area contributed by atoms with Crippen LogP contribution in [0.25, 0.3) is 10.9 Å². The molecule has 2 aromatic rings. The first-order valence-electron chi connectivity index (χ1n) is 7.70. The maximum Gasteiger partial charge on any atom is 0.340 e. The Morgan fingerprint density at radius 3 is 2.64 bits per heavy atom. The lowest BCUT2D eigenvalue weighted by Gasteiger charge is -2.22. The molecule has 0 unspecified atom stereocenters. The topological polar surface area (TPSA) is 60.3 Å². The van der Waals surface area contributed by atoms with E-state index in [2.05, 4.69) is 5.32 Å². The Morgan fingerprint density at radius 1 is 1.18 bits per heavy atom. The predicted octanol–water partition coefficient (Wildman–Crippen LogP) is 3.32. The fourth-order valence-corrected chi connectivity index (χ4v) is 3.11. The van der Waals surface area contributed by atoms with E-state index in [1.807, 2.05) is 24.3 Å². The summed E-state index contributed by atoms with van der Waals surface area (Å²) < 4.78 is 6.31.